The Labute approximate surface area is 218 Å². The van der Waals surface area contributed by atoms with E-state index in [2.05, 4.69) is 15.3 Å². The molecule has 1 N–H and O–H groups in total. The smallest absolute Gasteiger partial charge is 0.255 e. The molecule has 7 nitrogen and oxygen atoms in total. The number of nitrogens with zero attached hydrogens (tertiary/aromatic N) is 3. The summed E-state index contributed by atoms with van der Waals surface area (Å²) in [6.07, 6.45) is 5.95. The molecular formula is C29H30F2N4O3. The van der Waals surface area contributed by atoms with Crippen LogP contribution in [0.5, 0.6) is 5.88 Å². The first-order valence-electron chi connectivity index (χ1n) is 13.0. The predicted molar refractivity (Wildman–Crippen MR) is 140 cm³/mol. The Kier molecular flexibility index (Phi) is 6.15. The Balaban J connectivity index is 1.14. The topological polar surface area (TPSA) is 78.3 Å². The third kappa shape index (κ3) is 4.33. The molecular weight excluding hydrogens is 490 g/mol. The molecule has 9 heteroatoms. The second kappa shape index (κ2) is 9.39. The second-order valence-electron chi connectivity index (χ2n) is 10.6. The van der Waals surface area contributed by atoms with E-state index in [1.807, 2.05) is 0 Å². The number of halogens is 2. The SMILES string of the molecule is COc1ccc2ncc(F)c(CCC34CCC(NCc5cc6cc(F)ccc6n(C)c5=O)(CC3)CO4)c2n1. The van der Waals surface area contributed by atoms with Crippen LogP contribution in [0.1, 0.15) is 43.2 Å². The summed E-state index contributed by atoms with van der Waals surface area (Å²) in [5.74, 6) is -0.264. The number of aryl methyl sites for hydroxylation is 2. The van der Waals surface area contributed by atoms with Gasteiger partial charge in [-0.3, -0.25) is 9.78 Å². The lowest BCUT2D eigenvalue weighted by Gasteiger charge is -2.53. The normalized spacial score (nSPS) is 22.8. The van der Waals surface area contributed by atoms with Crippen LogP contribution in [-0.4, -0.2) is 39.4 Å². The van der Waals surface area contributed by atoms with E-state index in [4.69, 9.17) is 9.47 Å². The molecule has 4 aromatic rings. The summed E-state index contributed by atoms with van der Waals surface area (Å²) in [4.78, 5) is 21.5. The number of benzene rings is 1. The highest BCUT2D eigenvalue weighted by Gasteiger charge is 2.49. The lowest BCUT2D eigenvalue weighted by atomic mass is 9.69. The first-order chi connectivity index (χ1) is 18.3. The molecule has 1 aliphatic carbocycles. The summed E-state index contributed by atoms with van der Waals surface area (Å²) in [6.45, 7) is 0.915. The zero-order valence-corrected chi connectivity index (χ0v) is 21.5. The first kappa shape index (κ1) is 24.9. The molecule has 1 aromatic carbocycles. The maximum absolute atomic E-state index is 14.8. The van der Waals surface area contributed by atoms with Gasteiger partial charge in [-0.05, 0) is 68.9 Å². The van der Waals surface area contributed by atoms with Crippen molar-refractivity contribution in [3.05, 3.63) is 75.7 Å². The van der Waals surface area contributed by atoms with Crippen molar-refractivity contribution in [2.24, 2.45) is 7.05 Å². The Bertz CT molecular complexity index is 1580. The average Bonchev–Trinajstić information content (AvgIpc) is 2.94. The molecule has 198 valence electrons. The Morgan fingerprint density at radius 3 is 2.68 bits per heavy atom. The van der Waals surface area contributed by atoms with Gasteiger partial charge in [0, 0.05) is 41.7 Å². The number of aromatic nitrogens is 3. The number of rotatable bonds is 7. The van der Waals surface area contributed by atoms with Crippen LogP contribution in [0.4, 0.5) is 8.78 Å². The molecule has 38 heavy (non-hydrogen) atoms. The van der Waals surface area contributed by atoms with Gasteiger partial charge in [-0.2, -0.15) is 0 Å². The van der Waals surface area contributed by atoms with Crippen LogP contribution in [0.25, 0.3) is 21.9 Å². The van der Waals surface area contributed by atoms with Crippen LogP contribution in [0.15, 0.2) is 47.4 Å². The Morgan fingerprint density at radius 1 is 1.13 bits per heavy atom. The Hall–Kier alpha value is -3.43. The molecule has 0 amide bonds. The Morgan fingerprint density at radius 2 is 1.95 bits per heavy atom. The molecule has 0 radical (unpaired) electrons. The van der Waals surface area contributed by atoms with Crippen LogP contribution in [0.2, 0.25) is 0 Å². The number of methoxy groups -OCH3 is 1. The standard InChI is InChI=1S/C29H30F2N4O3/c1-35-24-5-3-20(30)14-18(24)13-19(27(35)36)15-33-28-9-11-29(12-10-28,38-17-28)8-7-21-22(31)16-32-23-4-6-25(37-2)34-26(21)23/h3-6,13-14,16,33H,7-12,15,17H2,1-2H3. The van der Waals surface area contributed by atoms with Crippen molar-refractivity contribution >= 4 is 21.9 Å². The van der Waals surface area contributed by atoms with Gasteiger partial charge in [-0.15, -0.1) is 0 Å². The molecule has 2 aliphatic heterocycles. The van der Waals surface area contributed by atoms with Crippen molar-refractivity contribution in [2.45, 2.75) is 56.2 Å². The maximum Gasteiger partial charge on any atom is 0.255 e. The molecule has 3 aliphatic rings. The fourth-order valence-corrected chi connectivity index (χ4v) is 6.03. The number of ether oxygens (including phenoxy) is 2. The van der Waals surface area contributed by atoms with Gasteiger partial charge in [-0.1, -0.05) is 0 Å². The summed E-state index contributed by atoms with van der Waals surface area (Å²) < 4.78 is 41.8. The number of nitrogens with one attached hydrogen (secondary N) is 1. The lowest BCUT2D eigenvalue weighted by molar-refractivity contribution is -0.165. The van der Waals surface area contributed by atoms with Crippen LogP contribution >= 0.6 is 0 Å². The second-order valence-corrected chi connectivity index (χ2v) is 10.6. The molecule has 2 bridgehead atoms. The van der Waals surface area contributed by atoms with Crippen molar-refractivity contribution < 1.29 is 18.3 Å². The third-order valence-corrected chi connectivity index (χ3v) is 8.47. The van der Waals surface area contributed by atoms with Gasteiger partial charge in [0.25, 0.3) is 5.56 Å². The van der Waals surface area contributed by atoms with Crippen molar-refractivity contribution in [3.63, 3.8) is 0 Å². The highest BCUT2D eigenvalue weighted by Crippen LogP contribution is 2.46. The molecule has 0 unspecified atom stereocenters. The fourth-order valence-electron chi connectivity index (χ4n) is 6.03. The van der Waals surface area contributed by atoms with E-state index in [1.165, 1.54) is 25.4 Å². The molecule has 7 rings (SSSR count). The van der Waals surface area contributed by atoms with Gasteiger partial charge in [0.15, 0.2) is 0 Å². The third-order valence-electron chi connectivity index (χ3n) is 8.47. The van der Waals surface area contributed by atoms with E-state index < -0.39 is 0 Å². The molecule has 2 saturated heterocycles. The molecule has 1 saturated carbocycles. The minimum atomic E-state index is -0.367. The number of hydrogen-bond donors (Lipinski definition) is 1. The summed E-state index contributed by atoms with van der Waals surface area (Å²) in [5.41, 5.74) is 2.40. The summed E-state index contributed by atoms with van der Waals surface area (Å²) in [6, 6.07) is 9.74. The number of pyridine rings is 3. The van der Waals surface area contributed by atoms with Crippen molar-refractivity contribution in [1.82, 2.24) is 19.9 Å². The van der Waals surface area contributed by atoms with Crippen LogP contribution < -0.4 is 15.6 Å². The molecule has 5 heterocycles. The van der Waals surface area contributed by atoms with Gasteiger partial charge in [0.1, 0.15) is 11.6 Å². The number of hydrogen-bond acceptors (Lipinski definition) is 6. The summed E-state index contributed by atoms with van der Waals surface area (Å²) in [7, 11) is 3.25. The molecule has 0 atom stereocenters. The van der Waals surface area contributed by atoms with Crippen molar-refractivity contribution in [1.29, 1.82) is 0 Å². The van der Waals surface area contributed by atoms with Gasteiger partial charge < -0.3 is 19.4 Å². The predicted octanol–water partition coefficient (Wildman–Crippen LogP) is 4.57. The molecule has 3 fully saturated rings. The van der Waals surface area contributed by atoms with Crippen LogP contribution in [-0.2, 0) is 24.8 Å². The van der Waals surface area contributed by atoms with Gasteiger partial charge in [-0.25, -0.2) is 13.8 Å². The van der Waals surface area contributed by atoms with E-state index in [-0.39, 0.29) is 28.3 Å². The van der Waals surface area contributed by atoms with E-state index in [0.29, 0.717) is 64.9 Å². The minimum Gasteiger partial charge on any atom is -0.481 e. The highest BCUT2D eigenvalue weighted by molar-refractivity contribution is 5.80. The van der Waals surface area contributed by atoms with Crippen molar-refractivity contribution in [2.75, 3.05) is 13.7 Å². The summed E-state index contributed by atoms with van der Waals surface area (Å²) >= 11 is 0. The van der Waals surface area contributed by atoms with E-state index in [9.17, 15) is 13.6 Å². The zero-order chi connectivity index (χ0) is 26.5. The first-order valence-corrected chi connectivity index (χ1v) is 13.0. The van der Waals surface area contributed by atoms with E-state index in [1.54, 1.807) is 35.9 Å². The van der Waals surface area contributed by atoms with Crippen LogP contribution in [0.3, 0.4) is 0 Å². The fraction of sp³-hybridized carbons (Fsp3) is 0.414. The molecule has 0 spiro atoms. The van der Waals surface area contributed by atoms with E-state index >= 15 is 0 Å². The quantitative estimate of drug-likeness (QED) is 0.385. The molecule has 3 aromatic heterocycles. The largest absolute Gasteiger partial charge is 0.481 e. The zero-order valence-electron chi connectivity index (χ0n) is 21.5. The summed E-state index contributed by atoms with van der Waals surface area (Å²) in [5, 5.41) is 4.30. The van der Waals surface area contributed by atoms with Gasteiger partial charge >= 0.3 is 0 Å². The lowest BCUT2D eigenvalue weighted by Crippen LogP contribution is -2.61. The minimum absolute atomic E-state index is 0.0910. The highest BCUT2D eigenvalue weighted by atomic mass is 19.1. The van der Waals surface area contributed by atoms with E-state index in [0.717, 1.165) is 25.7 Å². The van der Waals surface area contributed by atoms with Gasteiger partial charge in [0.05, 0.1) is 42.1 Å². The number of fused-ring (bicyclic) bond motifs is 5. The van der Waals surface area contributed by atoms with Crippen LogP contribution in [0, 0.1) is 11.6 Å². The monoisotopic (exact) mass is 520 g/mol. The maximum atomic E-state index is 14.8. The van der Waals surface area contributed by atoms with Crippen molar-refractivity contribution in [3.8, 4) is 5.88 Å². The average molecular weight is 521 g/mol. The van der Waals surface area contributed by atoms with Gasteiger partial charge in [0.2, 0.25) is 5.88 Å².